The molecule has 224 valence electrons. The van der Waals surface area contributed by atoms with E-state index in [0.717, 1.165) is 51.4 Å². The predicted octanol–water partition coefficient (Wildman–Crippen LogP) is 5.00. The van der Waals surface area contributed by atoms with Crippen LogP contribution in [0.15, 0.2) is 83.9 Å². The van der Waals surface area contributed by atoms with Gasteiger partial charge in [-0.3, -0.25) is 9.69 Å². The van der Waals surface area contributed by atoms with Crippen molar-refractivity contribution >= 4 is 32.9 Å². The number of aromatic hydroxyl groups is 1. The minimum atomic E-state index is -4.41. The summed E-state index contributed by atoms with van der Waals surface area (Å²) >= 11 is 0. The van der Waals surface area contributed by atoms with Gasteiger partial charge in [-0.1, -0.05) is 24.6 Å². The van der Waals surface area contributed by atoms with Gasteiger partial charge in [-0.15, -0.1) is 0 Å². The molecule has 2 aliphatic rings. The highest BCUT2D eigenvalue weighted by molar-refractivity contribution is 7.89. The molecule has 3 aromatic carbocycles. The van der Waals surface area contributed by atoms with E-state index in [-0.39, 0.29) is 29.5 Å². The van der Waals surface area contributed by atoms with Crippen molar-refractivity contribution in [1.29, 1.82) is 0 Å². The van der Waals surface area contributed by atoms with Crippen molar-refractivity contribution in [2.45, 2.75) is 43.0 Å². The molecule has 3 unspecified atom stereocenters. The second-order valence-electron chi connectivity index (χ2n) is 11.3. The Hall–Kier alpha value is -4.35. The molecule has 4 N–H and O–H groups in total. The van der Waals surface area contributed by atoms with E-state index < -0.39 is 28.0 Å². The van der Waals surface area contributed by atoms with Gasteiger partial charge in [-0.2, -0.15) is 0 Å². The maximum Gasteiger partial charge on any atom is 0.341 e. The normalized spacial score (nSPS) is 21.1. The van der Waals surface area contributed by atoms with Crippen LogP contribution in [0.4, 0.5) is 4.79 Å². The Bertz CT molecular complexity index is 1740. The first-order valence-corrected chi connectivity index (χ1v) is 15.9. The fraction of sp³-hybridized carbons (Fsp3) is 0.312. The zero-order valence-electron chi connectivity index (χ0n) is 23.6. The van der Waals surface area contributed by atoms with Crippen molar-refractivity contribution in [2.24, 2.45) is 17.6 Å². The molecule has 1 aliphatic heterocycles. The van der Waals surface area contributed by atoms with Crippen molar-refractivity contribution in [3.63, 3.8) is 0 Å². The van der Waals surface area contributed by atoms with E-state index in [0.29, 0.717) is 24.0 Å². The summed E-state index contributed by atoms with van der Waals surface area (Å²) in [6.45, 7) is 0.721. The number of fused-ring (bicyclic) bond motifs is 1. The number of urea groups is 1. The van der Waals surface area contributed by atoms with E-state index in [1.807, 2.05) is 24.3 Å². The Morgan fingerprint density at radius 3 is 2.33 bits per heavy atom. The van der Waals surface area contributed by atoms with Gasteiger partial charge >= 0.3 is 6.03 Å². The maximum absolute atomic E-state index is 14.1. The Balaban J connectivity index is 1.30. The fourth-order valence-corrected chi connectivity index (χ4v) is 7.74. The topological polar surface area (TPSA) is 146 Å². The van der Waals surface area contributed by atoms with Gasteiger partial charge < -0.3 is 20.6 Å². The number of nitrogens with two attached hydrogens (primary N) is 1. The summed E-state index contributed by atoms with van der Waals surface area (Å²) in [5, 5.41) is 10.4. The van der Waals surface area contributed by atoms with Gasteiger partial charge in [0.05, 0.1) is 4.90 Å². The number of sulfonamides is 1. The Labute approximate surface area is 250 Å². The summed E-state index contributed by atoms with van der Waals surface area (Å²) in [6, 6.07) is 17.4. The number of hydrogen-bond donors (Lipinski definition) is 3. The summed E-state index contributed by atoms with van der Waals surface area (Å²) in [7, 11) is -4.41. The number of phenolic OH excluding ortho intramolecular Hbond substituents is 1. The number of amides is 3. The largest absolute Gasteiger partial charge is 0.508 e. The van der Waals surface area contributed by atoms with Gasteiger partial charge in [0.25, 0.3) is 15.9 Å². The minimum absolute atomic E-state index is 0.0441. The number of rotatable bonds is 9. The molecule has 43 heavy (non-hydrogen) atoms. The number of carbonyl (C=O) groups excluding carboxylic acids is 2. The number of ether oxygens (including phenoxy) is 1. The van der Waals surface area contributed by atoms with Crippen molar-refractivity contribution in [1.82, 2.24) is 14.2 Å². The van der Waals surface area contributed by atoms with Crippen molar-refractivity contribution in [2.75, 3.05) is 13.1 Å². The number of aromatic nitrogens is 1. The van der Waals surface area contributed by atoms with Gasteiger partial charge in [0, 0.05) is 30.1 Å². The number of aromatic amines is 1. The predicted molar refractivity (Wildman–Crippen MR) is 161 cm³/mol. The van der Waals surface area contributed by atoms with Gasteiger partial charge in [-0.25, -0.2) is 17.5 Å². The lowest BCUT2D eigenvalue weighted by Crippen LogP contribution is -2.41. The summed E-state index contributed by atoms with van der Waals surface area (Å²) in [5.41, 5.74) is 7.53. The van der Waals surface area contributed by atoms with E-state index in [1.54, 1.807) is 18.3 Å². The van der Waals surface area contributed by atoms with Crippen LogP contribution in [0.3, 0.4) is 0 Å². The van der Waals surface area contributed by atoms with Crippen molar-refractivity contribution in [3.05, 3.63) is 84.6 Å². The highest BCUT2D eigenvalue weighted by Crippen LogP contribution is 2.35. The third-order valence-electron chi connectivity index (χ3n) is 8.46. The molecule has 2 fully saturated rings. The Morgan fingerprint density at radius 2 is 1.60 bits per heavy atom. The lowest BCUT2D eigenvalue weighted by Gasteiger charge is -2.30. The van der Waals surface area contributed by atoms with E-state index in [1.165, 1.54) is 36.4 Å². The molecule has 3 amide bonds. The molecule has 1 saturated carbocycles. The molecule has 1 aromatic heterocycles. The molecule has 4 aromatic rings. The van der Waals surface area contributed by atoms with Crippen LogP contribution in [0.1, 0.15) is 31.2 Å². The fourth-order valence-electron chi connectivity index (χ4n) is 6.23. The van der Waals surface area contributed by atoms with Crippen LogP contribution in [0.25, 0.3) is 10.9 Å². The molecule has 6 rings (SSSR count). The smallest absolute Gasteiger partial charge is 0.341 e. The number of benzene rings is 3. The molecule has 1 aliphatic carbocycles. The van der Waals surface area contributed by atoms with E-state index in [4.69, 9.17) is 10.5 Å². The highest BCUT2D eigenvalue weighted by Gasteiger charge is 2.52. The summed E-state index contributed by atoms with van der Waals surface area (Å²) in [5.74, 6) is 0.817. The quantitative estimate of drug-likeness (QED) is 0.229. The highest BCUT2D eigenvalue weighted by atomic mass is 32.2. The molecule has 0 radical (unpaired) electrons. The zero-order chi connectivity index (χ0) is 30.1. The summed E-state index contributed by atoms with van der Waals surface area (Å²) in [4.78, 5) is 31.9. The first-order valence-electron chi connectivity index (χ1n) is 14.5. The third-order valence-corrected chi connectivity index (χ3v) is 10.3. The van der Waals surface area contributed by atoms with Gasteiger partial charge in [-0.05, 0) is 97.8 Å². The SMILES string of the molecule is NCC1CCCC(CN2C(=O)C(Cc3c[nH]c4ccccc34)N(S(=O)(=O)c3ccc(Oc4ccc(O)cc4)cc3)C2=O)C1. The number of phenols is 1. The van der Waals surface area contributed by atoms with E-state index in [9.17, 15) is 23.1 Å². The lowest BCUT2D eigenvalue weighted by atomic mass is 9.81. The first kappa shape index (κ1) is 28.8. The van der Waals surface area contributed by atoms with Gasteiger partial charge in [0.1, 0.15) is 23.3 Å². The number of nitrogens with zero attached hydrogens (tertiary/aromatic N) is 2. The van der Waals surface area contributed by atoms with Crippen LogP contribution in [0.2, 0.25) is 0 Å². The number of hydrogen-bond acceptors (Lipinski definition) is 7. The van der Waals surface area contributed by atoms with Crippen LogP contribution in [0, 0.1) is 11.8 Å². The average molecular weight is 603 g/mol. The van der Waals surface area contributed by atoms with Crippen molar-refractivity contribution < 1.29 is 27.9 Å². The Morgan fingerprint density at radius 1 is 0.930 bits per heavy atom. The molecule has 1 saturated heterocycles. The second-order valence-corrected chi connectivity index (χ2v) is 13.1. The molecule has 2 heterocycles. The Kier molecular flexibility index (Phi) is 7.85. The lowest BCUT2D eigenvalue weighted by molar-refractivity contribution is -0.128. The van der Waals surface area contributed by atoms with Crippen LogP contribution in [-0.2, 0) is 21.2 Å². The summed E-state index contributed by atoms with van der Waals surface area (Å²) in [6.07, 6.45) is 5.44. The maximum atomic E-state index is 14.1. The number of para-hydroxylation sites is 1. The zero-order valence-corrected chi connectivity index (χ0v) is 24.4. The molecule has 3 atom stereocenters. The van der Waals surface area contributed by atoms with E-state index >= 15 is 0 Å². The van der Waals surface area contributed by atoms with Crippen LogP contribution < -0.4 is 10.5 Å². The van der Waals surface area contributed by atoms with Crippen LogP contribution in [0.5, 0.6) is 17.2 Å². The monoisotopic (exact) mass is 602 g/mol. The molecule has 0 spiro atoms. The second kappa shape index (κ2) is 11.7. The minimum Gasteiger partial charge on any atom is -0.508 e. The van der Waals surface area contributed by atoms with Gasteiger partial charge in [0.15, 0.2) is 0 Å². The molecular weight excluding hydrogens is 568 g/mol. The number of H-pyrrole nitrogens is 1. The number of imide groups is 1. The average Bonchev–Trinajstić information content (AvgIpc) is 3.53. The van der Waals surface area contributed by atoms with Crippen molar-refractivity contribution in [3.8, 4) is 17.2 Å². The first-order chi connectivity index (χ1) is 20.7. The molecular formula is C32H34N4O6S. The number of nitrogens with one attached hydrogen (secondary N) is 1. The molecule has 0 bridgehead atoms. The van der Waals surface area contributed by atoms with Crippen LogP contribution >= 0.6 is 0 Å². The standard InChI is InChI=1S/C32H34N4O6S/c33-18-21-4-3-5-22(16-21)20-35-31(38)30(17-23-19-34-29-7-2-1-6-28(23)29)36(32(35)39)43(40,41)27-14-12-26(13-15-27)42-25-10-8-24(37)9-11-25/h1-2,6-15,19,21-22,30,34,37H,3-5,16-18,20,33H2. The molecule has 10 nitrogen and oxygen atoms in total. The number of carbonyl (C=O) groups is 2. The van der Waals surface area contributed by atoms with Crippen LogP contribution in [-0.4, -0.2) is 58.8 Å². The van der Waals surface area contributed by atoms with E-state index in [2.05, 4.69) is 4.98 Å². The molecule has 11 heteroatoms. The summed E-state index contributed by atoms with van der Waals surface area (Å²) < 4.78 is 34.7. The third kappa shape index (κ3) is 5.70. The van der Waals surface area contributed by atoms with Gasteiger partial charge in [0.2, 0.25) is 0 Å².